The van der Waals surface area contributed by atoms with E-state index in [-0.39, 0.29) is 11.9 Å². The molecule has 2 aliphatic rings. The van der Waals surface area contributed by atoms with Gasteiger partial charge in [-0.05, 0) is 67.6 Å². The number of fused-ring (bicyclic) bond motifs is 2. The van der Waals surface area contributed by atoms with Gasteiger partial charge < -0.3 is 5.32 Å². The van der Waals surface area contributed by atoms with E-state index in [0.717, 1.165) is 29.4 Å². The SMILES string of the molecule is CC(NC(=O)c1ccccc1Cc1ccccc1)C1CC2CCC1C2. The third kappa shape index (κ3) is 3.49. The van der Waals surface area contributed by atoms with Gasteiger partial charge in [0.1, 0.15) is 0 Å². The van der Waals surface area contributed by atoms with E-state index in [9.17, 15) is 4.79 Å². The molecule has 2 bridgehead atoms. The molecule has 130 valence electrons. The zero-order valence-corrected chi connectivity index (χ0v) is 14.9. The van der Waals surface area contributed by atoms with Gasteiger partial charge in [0.2, 0.25) is 0 Å². The Morgan fingerprint density at radius 2 is 1.80 bits per heavy atom. The first-order valence-electron chi connectivity index (χ1n) is 9.63. The van der Waals surface area contributed by atoms with Gasteiger partial charge in [-0.15, -0.1) is 0 Å². The van der Waals surface area contributed by atoms with Gasteiger partial charge >= 0.3 is 0 Å². The van der Waals surface area contributed by atoms with Crippen LogP contribution in [0.1, 0.15) is 54.1 Å². The monoisotopic (exact) mass is 333 g/mol. The summed E-state index contributed by atoms with van der Waals surface area (Å²) in [7, 11) is 0. The molecule has 2 nitrogen and oxygen atoms in total. The number of carbonyl (C=O) groups is 1. The fourth-order valence-corrected chi connectivity index (χ4v) is 5.01. The molecule has 25 heavy (non-hydrogen) atoms. The molecule has 2 aliphatic carbocycles. The van der Waals surface area contributed by atoms with Crippen molar-refractivity contribution < 1.29 is 4.79 Å². The molecule has 0 radical (unpaired) electrons. The Bertz CT molecular complexity index is 739. The molecule has 2 aromatic rings. The third-order valence-electron chi connectivity index (χ3n) is 6.29. The number of amides is 1. The number of hydrogen-bond donors (Lipinski definition) is 1. The van der Waals surface area contributed by atoms with E-state index in [1.54, 1.807) is 0 Å². The summed E-state index contributed by atoms with van der Waals surface area (Å²) >= 11 is 0. The Kier molecular flexibility index (Phi) is 4.61. The van der Waals surface area contributed by atoms with E-state index in [4.69, 9.17) is 0 Å². The van der Waals surface area contributed by atoms with Crippen LogP contribution in [-0.2, 0) is 6.42 Å². The lowest BCUT2D eigenvalue weighted by atomic mass is 9.84. The summed E-state index contributed by atoms with van der Waals surface area (Å²) in [6, 6.07) is 18.7. The molecule has 0 aromatic heterocycles. The molecule has 4 unspecified atom stereocenters. The lowest BCUT2D eigenvalue weighted by molar-refractivity contribution is 0.0914. The highest BCUT2D eigenvalue weighted by atomic mass is 16.1. The molecule has 0 saturated heterocycles. The number of hydrogen-bond acceptors (Lipinski definition) is 1. The lowest BCUT2D eigenvalue weighted by Crippen LogP contribution is -2.40. The highest BCUT2D eigenvalue weighted by molar-refractivity contribution is 5.96. The summed E-state index contributed by atoms with van der Waals surface area (Å²) in [5.41, 5.74) is 3.16. The first-order valence-corrected chi connectivity index (χ1v) is 9.63. The van der Waals surface area contributed by atoms with Crippen LogP contribution in [0.3, 0.4) is 0 Å². The Balaban J connectivity index is 1.47. The van der Waals surface area contributed by atoms with E-state index in [1.807, 2.05) is 24.3 Å². The van der Waals surface area contributed by atoms with Crippen molar-refractivity contribution in [3.05, 3.63) is 71.3 Å². The highest BCUT2D eigenvalue weighted by Crippen LogP contribution is 2.49. The van der Waals surface area contributed by atoms with Crippen molar-refractivity contribution >= 4 is 5.91 Å². The van der Waals surface area contributed by atoms with Gasteiger partial charge in [0.05, 0.1) is 0 Å². The third-order valence-corrected chi connectivity index (χ3v) is 6.29. The molecule has 4 rings (SSSR count). The van der Waals surface area contributed by atoms with Gasteiger partial charge in [-0.2, -0.15) is 0 Å². The predicted octanol–water partition coefficient (Wildman–Crippen LogP) is 4.83. The standard InChI is InChI=1S/C23H27NO/c1-16(22-15-18-11-12-20(22)14-18)24-23(25)21-10-6-5-9-19(21)13-17-7-3-2-4-8-17/h2-10,16,18,20,22H,11-15H2,1H3,(H,24,25). The van der Waals surface area contributed by atoms with E-state index in [0.29, 0.717) is 5.92 Å². The van der Waals surface area contributed by atoms with Crippen molar-refractivity contribution in [1.29, 1.82) is 0 Å². The number of carbonyl (C=O) groups excluding carboxylic acids is 1. The second kappa shape index (κ2) is 7.03. The second-order valence-corrected chi connectivity index (χ2v) is 7.92. The van der Waals surface area contributed by atoms with Crippen molar-refractivity contribution in [2.75, 3.05) is 0 Å². The molecule has 1 amide bonds. The maximum Gasteiger partial charge on any atom is 0.251 e. The fraction of sp³-hybridized carbons (Fsp3) is 0.435. The van der Waals surface area contributed by atoms with E-state index >= 15 is 0 Å². The van der Waals surface area contributed by atoms with Crippen LogP contribution in [0.5, 0.6) is 0 Å². The Morgan fingerprint density at radius 3 is 2.52 bits per heavy atom. The highest BCUT2D eigenvalue weighted by Gasteiger charge is 2.42. The molecule has 0 heterocycles. The van der Waals surface area contributed by atoms with Crippen LogP contribution in [0.4, 0.5) is 0 Å². The van der Waals surface area contributed by atoms with Crippen LogP contribution in [0.15, 0.2) is 54.6 Å². The molecule has 1 N–H and O–H groups in total. The van der Waals surface area contributed by atoms with Crippen LogP contribution in [-0.4, -0.2) is 11.9 Å². The van der Waals surface area contributed by atoms with Gasteiger partial charge in [-0.25, -0.2) is 0 Å². The molecule has 4 atom stereocenters. The van der Waals surface area contributed by atoms with E-state index in [1.165, 1.54) is 31.2 Å². The van der Waals surface area contributed by atoms with Crippen molar-refractivity contribution in [2.24, 2.45) is 17.8 Å². The zero-order valence-electron chi connectivity index (χ0n) is 14.9. The molecule has 0 spiro atoms. The Hall–Kier alpha value is -2.09. The fourth-order valence-electron chi connectivity index (χ4n) is 5.01. The van der Waals surface area contributed by atoms with Crippen LogP contribution in [0.25, 0.3) is 0 Å². The first kappa shape index (κ1) is 16.4. The summed E-state index contributed by atoms with van der Waals surface area (Å²) in [6.45, 7) is 2.20. The lowest BCUT2D eigenvalue weighted by Gasteiger charge is -2.28. The molecular weight excluding hydrogens is 306 g/mol. The topological polar surface area (TPSA) is 29.1 Å². The molecule has 2 saturated carbocycles. The average molecular weight is 333 g/mol. The predicted molar refractivity (Wildman–Crippen MR) is 102 cm³/mol. The van der Waals surface area contributed by atoms with Crippen LogP contribution < -0.4 is 5.32 Å². The summed E-state index contributed by atoms with van der Waals surface area (Å²) in [5.74, 6) is 2.50. The van der Waals surface area contributed by atoms with Crippen LogP contribution >= 0.6 is 0 Å². The molecule has 2 heteroatoms. The minimum absolute atomic E-state index is 0.0850. The summed E-state index contributed by atoms with van der Waals surface area (Å²) < 4.78 is 0. The minimum atomic E-state index is 0.0850. The van der Waals surface area contributed by atoms with Crippen LogP contribution in [0.2, 0.25) is 0 Å². The summed E-state index contributed by atoms with van der Waals surface area (Å²) in [5, 5.41) is 3.31. The molecule has 0 aliphatic heterocycles. The van der Waals surface area contributed by atoms with Crippen molar-refractivity contribution in [1.82, 2.24) is 5.32 Å². The van der Waals surface area contributed by atoms with Crippen LogP contribution in [0, 0.1) is 17.8 Å². The molecule has 2 aromatic carbocycles. The summed E-state index contributed by atoms with van der Waals surface area (Å²) in [4.78, 5) is 12.9. The van der Waals surface area contributed by atoms with Gasteiger partial charge in [-0.3, -0.25) is 4.79 Å². The Morgan fingerprint density at radius 1 is 1.04 bits per heavy atom. The van der Waals surface area contributed by atoms with Gasteiger partial charge in [0.15, 0.2) is 0 Å². The quantitative estimate of drug-likeness (QED) is 0.834. The summed E-state index contributed by atoms with van der Waals surface area (Å²) in [6.07, 6.45) is 6.25. The van der Waals surface area contributed by atoms with Gasteiger partial charge in [0, 0.05) is 11.6 Å². The van der Waals surface area contributed by atoms with Gasteiger partial charge in [0.25, 0.3) is 5.91 Å². The Labute approximate surface area is 150 Å². The van der Waals surface area contributed by atoms with Crippen molar-refractivity contribution in [2.45, 2.75) is 45.1 Å². The largest absolute Gasteiger partial charge is 0.349 e. The zero-order chi connectivity index (χ0) is 17.2. The van der Waals surface area contributed by atoms with Crippen molar-refractivity contribution in [3.8, 4) is 0 Å². The maximum absolute atomic E-state index is 12.9. The number of nitrogens with one attached hydrogen (secondary N) is 1. The molecular formula is C23H27NO. The molecule has 2 fully saturated rings. The van der Waals surface area contributed by atoms with E-state index in [2.05, 4.69) is 42.6 Å². The second-order valence-electron chi connectivity index (χ2n) is 7.92. The van der Waals surface area contributed by atoms with Crippen molar-refractivity contribution in [3.63, 3.8) is 0 Å². The average Bonchev–Trinajstić information content (AvgIpc) is 3.26. The van der Waals surface area contributed by atoms with Gasteiger partial charge in [-0.1, -0.05) is 55.0 Å². The first-order chi connectivity index (χ1) is 12.2. The smallest absolute Gasteiger partial charge is 0.251 e. The van der Waals surface area contributed by atoms with E-state index < -0.39 is 0 Å². The number of benzene rings is 2. The number of rotatable bonds is 5. The normalized spacial score (nSPS) is 25.7. The minimum Gasteiger partial charge on any atom is -0.349 e. The maximum atomic E-state index is 12.9.